The van der Waals surface area contributed by atoms with Crippen LogP contribution < -0.4 is 5.22 Å². The van der Waals surface area contributed by atoms with Crippen LogP contribution in [0.2, 0.25) is 0 Å². The summed E-state index contributed by atoms with van der Waals surface area (Å²) in [5, 5.41) is 7.26. The Morgan fingerprint density at radius 2 is 1.14 bits per heavy atom. The van der Waals surface area contributed by atoms with Crippen LogP contribution in [0.4, 0.5) is 0 Å². The predicted octanol–water partition coefficient (Wildman–Crippen LogP) is 13.0. The summed E-state index contributed by atoms with van der Waals surface area (Å²) in [6, 6.07) is 23.6. The summed E-state index contributed by atoms with van der Waals surface area (Å²) in [5.41, 5.74) is 22.1. The molecule has 254 valence electrons. The monoisotopic (exact) mass is 662 g/mol. The molecular formula is C51H50. The quantitative estimate of drug-likeness (QED) is 0.205. The molecule has 0 aromatic heterocycles. The van der Waals surface area contributed by atoms with Gasteiger partial charge >= 0.3 is 0 Å². The molecule has 10 rings (SSSR count). The highest BCUT2D eigenvalue weighted by molar-refractivity contribution is 6.13. The molecule has 51 heavy (non-hydrogen) atoms. The molecule has 6 aliphatic carbocycles. The number of benzene rings is 4. The molecule has 0 bridgehead atoms. The minimum absolute atomic E-state index is 0.0991. The summed E-state index contributed by atoms with van der Waals surface area (Å²) in [6.07, 6.45) is 24.4. The minimum Gasteiger partial charge on any atom is -0.0619 e. The van der Waals surface area contributed by atoms with Crippen molar-refractivity contribution in [1.29, 1.82) is 0 Å². The standard InChI is InChI=1S/C51H50/c1-50(2,3)41-28-39-19-14-33-20-23-42(45-25-22-40(29-41)48(39)49(33)45)32-12-10-31(11-13-32)34-15-16-36-27-37(18-17-35(36)26-34)38-21-24-44-43-8-6-7-9-46(43)51(4,5)47(44)30-38/h6-10,12,14,19,22,25-30H,11,13,15-18,20-21,23-24H2,1-5H3. The second-order valence-corrected chi connectivity index (χ2v) is 17.7. The van der Waals surface area contributed by atoms with Crippen molar-refractivity contribution in [2.45, 2.75) is 110 Å². The summed E-state index contributed by atoms with van der Waals surface area (Å²) in [4.78, 5) is 0. The van der Waals surface area contributed by atoms with Crippen LogP contribution in [-0.2, 0) is 17.3 Å². The molecule has 0 atom stereocenters. The molecule has 4 aromatic carbocycles. The van der Waals surface area contributed by atoms with Gasteiger partial charge in [0.2, 0.25) is 0 Å². The first kappa shape index (κ1) is 31.3. The number of hydrogen-bond acceptors (Lipinski definition) is 0. The van der Waals surface area contributed by atoms with Gasteiger partial charge in [-0.2, -0.15) is 0 Å². The van der Waals surface area contributed by atoms with E-state index in [0.29, 0.717) is 0 Å². The van der Waals surface area contributed by atoms with Crippen LogP contribution in [0, 0.1) is 0 Å². The smallest absolute Gasteiger partial charge is 0.0155 e. The zero-order valence-electron chi connectivity index (χ0n) is 31.2. The third kappa shape index (κ3) is 4.92. The van der Waals surface area contributed by atoms with Crippen molar-refractivity contribution < 1.29 is 0 Å². The zero-order valence-corrected chi connectivity index (χ0v) is 31.2. The maximum absolute atomic E-state index is 2.59. The van der Waals surface area contributed by atoms with Crippen LogP contribution in [-0.4, -0.2) is 0 Å². The number of fused-ring (bicyclic) bond motifs is 2. The third-order valence-electron chi connectivity index (χ3n) is 13.5. The van der Waals surface area contributed by atoms with Crippen LogP contribution in [0.3, 0.4) is 0 Å². The number of hydrogen-bond donors (Lipinski definition) is 0. The highest BCUT2D eigenvalue weighted by Crippen LogP contribution is 2.52. The van der Waals surface area contributed by atoms with Gasteiger partial charge in [-0.25, -0.2) is 0 Å². The lowest BCUT2D eigenvalue weighted by Gasteiger charge is -2.29. The fourth-order valence-electron chi connectivity index (χ4n) is 10.5. The van der Waals surface area contributed by atoms with Crippen molar-refractivity contribution in [3.05, 3.63) is 163 Å². The van der Waals surface area contributed by atoms with E-state index in [1.165, 1.54) is 87.5 Å². The molecule has 0 saturated carbocycles. The van der Waals surface area contributed by atoms with Gasteiger partial charge in [0.1, 0.15) is 0 Å². The number of aryl methyl sites for hydroxylation is 1. The van der Waals surface area contributed by atoms with Gasteiger partial charge in [0.25, 0.3) is 0 Å². The first-order valence-corrected chi connectivity index (χ1v) is 19.7. The lowest BCUT2D eigenvalue weighted by atomic mass is 9.75. The van der Waals surface area contributed by atoms with E-state index in [1.807, 2.05) is 0 Å². The molecule has 4 aromatic rings. The van der Waals surface area contributed by atoms with E-state index in [1.54, 1.807) is 55.7 Å². The summed E-state index contributed by atoms with van der Waals surface area (Å²) >= 11 is 0. The van der Waals surface area contributed by atoms with Crippen LogP contribution in [0.15, 0.2) is 136 Å². The Hall–Kier alpha value is -4.42. The molecule has 0 fully saturated rings. The third-order valence-corrected chi connectivity index (χ3v) is 13.5. The van der Waals surface area contributed by atoms with Gasteiger partial charge < -0.3 is 0 Å². The maximum atomic E-state index is 2.59. The topological polar surface area (TPSA) is 0 Å². The predicted molar refractivity (Wildman–Crippen MR) is 218 cm³/mol. The highest BCUT2D eigenvalue weighted by Gasteiger charge is 2.38. The van der Waals surface area contributed by atoms with Crippen molar-refractivity contribution in [3.63, 3.8) is 0 Å². The summed E-state index contributed by atoms with van der Waals surface area (Å²) in [7, 11) is 0. The lowest BCUT2D eigenvalue weighted by molar-refractivity contribution is 0.591. The van der Waals surface area contributed by atoms with Crippen molar-refractivity contribution in [2.24, 2.45) is 0 Å². The first-order valence-electron chi connectivity index (χ1n) is 19.7. The van der Waals surface area contributed by atoms with Crippen molar-refractivity contribution in [3.8, 4) is 0 Å². The molecule has 0 nitrogen and oxygen atoms in total. The first-order chi connectivity index (χ1) is 24.6. The largest absolute Gasteiger partial charge is 0.0619 e. The molecule has 0 heteroatoms. The number of allylic oxidation sites excluding steroid dienone is 14. The Bertz CT molecular complexity index is 2480. The van der Waals surface area contributed by atoms with E-state index < -0.39 is 0 Å². The number of rotatable bonds is 3. The zero-order chi connectivity index (χ0) is 34.6. The molecule has 0 aliphatic heterocycles. The molecule has 0 heterocycles. The van der Waals surface area contributed by atoms with Crippen molar-refractivity contribution in [1.82, 2.24) is 0 Å². The fourth-order valence-corrected chi connectivity index (χ4v) is 10.5. The Morgan fingerprint density at radius 3 is 1.86 bits per heavy atom. The van der Waals surface area contributed by atoms with E-state index in [0.717, 1.165) is 25.7 Å². The van der Waals surface area contributed by atoms with Crippen LogP contribution >= 0.6 is 0 Å². The van der Waals surface area contributed by atoms with Gasteiger partial charge in [-0.1, -0.05) is 126 Å². The van der Waals surface area contributed by atoms with E-state index in [4.69, 9.17) is 0 Å². The molecule has 0 N–H and O–H groups in total. The lowest BCUT2D eigenvalue weighted by Crippen LogP contribution is -2.18. The van der Waals surface area contributed by atoms with Crippen molar-refractivity contribution >= 4 is 32.7 Å². The van der Waals surface area contributed by atoms with Crippen molar-refractivity contribution in [2.75, 3.05) is 0 Å². The van der Waals surface area contributed by atoms with Gasteiger partial charge in [-0.15, -0.1) is 0 Å². The van der Waals surface area contributed by atoms with Crippen LogP contribution in [0.25, 0.3) is 32.7 Å². The average Bonchev–Trinajstić information content (AvgIpc) is 3.38. The van der Waals surface area contributed by atoms with Gasteiger partial charge in [-0.3, -0.25) is 0 Å². The maximum Gasteiger partial charge on any atom is 0.0155 e. The molecule has 0 spiro atoms. The fraction of sp³-hybridized carbons (Fsp3) is 0.333. The highest BCUT2D eigenvalue weighted by atomic mass is 14.4. The summed E-state index contributed by atoms with van der Waals surface area (Å²) < 4.78 is 0. The molecular weight excluding hydrogens is 613 g/mol. The van der Waals surface area contributed by atoms with Crippen LogP contribution in [0.5, 0.6) is 0 Å². The Kier molecular flexibility index (Phi) is 6.93. The molecule has 0 amide bonds. The second kappa shape index (κ2) is 11.3. The second-order valence-electron chi connectivity index (χ2n) is 17.7. The Balaban J connectivity index is 0.943. The Labute approximate surface area is 304 Å². The van der Waals surface area contributed by atoms with Crippen LogP contribution in [0.1, 0.15) is 115 Å². The normalized spacial score (nSPS) is 21.2. The molecule has 0 saturated heterocycles. The van der Waals surface area contributed by atoms with Gasteiger partial charge in [0, 0.05) is 5.41 Å². The van der Waals surface area contributed by atoms with Gasteiger partial charge in [0.05, 0.1) is 0 Å². The van der Waals surface area contributed by atoms with Gasteiger partial charge in [-0.05, 0) is 174 Å². The van der Waals surface area contributed by atoms with Gasteiger partial charge in [0.15, 0.2) is 0 Å². The summed E-state index contributed by atoms with van der Waals surface area (Å²) in [5.74, 6) is 0. The minimum atomic E-state index is 0.0991. The SMILES string of the molecule is CC(C)(C)c1cc2ccc3c4c(ccc(c1)c24)=C(C1=CC=C(C2=CC4=C(C=C(C5=CC6=C(CC5)c5ccccc5C6(C)C)CC4)CC2)CC1)CC3. The average molecular weight is 663 g/mol. The van der Waals surface area contributed by atoms with E-state index in [9.17, 15) is 0 Å². The summed E-state index contributed by atoms with van der Waals surface area (Å²) in [6.45, 7) is 11.8. The Morgan fingerprint density at radius 1 is 0.529 bits per heavy atom. The molecule has 0 radical (unpaired) electrons. The van der Waals surface area contributed by atoms with E-state index in [-0.39, 0.29) is 10.8 Å². The molecule has 0 unspecified atom stereocenters. The molecule has 6 aliphatic rings. The van der Waals surface area contributed by atoms with E-state index >= 15 is 0 Å². The van der Waals surface area contributed by atoms with E-state index in [2.05, 4.69) is 126 Å².